The molecule has 0 saturated carbocycles. The number of rotatable bonds is 7. The Labute approximate surface area is 229 Å². The third-order valence-electron chi connectivity index (χ3n) is 7.09. The second-order valence-electron chi connectivity index (χ2n) is 9.80. The van der Waals surface area contributed by atoms with E-state index in [1.165, 1.54) is 17.5 Å². The molecule has 0 N–H and O–H groups in total. The fourth-order valence-electron chi connectivity index (χ4n) is 5.06. The minimum atomic E-state index is -4.34. The molecule has 1 unspecified atom stereocenters. The summed E-state index contributed by atoms with van der Waals surface area (Å²) >= 11 is 0. The maximum absolute atomic E-state index is 13.3. The summed E-state index contributed by atoms with van der Waals surface area (Å²) in [6.07, 6.45) is -0.838. The van der Waals surface area contributed by atoms with E-state index in [4.69, 9.17) is 4.74 Å². The monoisotopic (exact) mass is 578 g/mol. The number of ether oxygens (including phenoxy) is 1. The van der Waals surface area contributed by atoms with Crippen LogP contribution in [0.15, 0.2) is 41.8 Å². The van der Waals surface area contributed by atoms with Crippen LogP contribution in [0.2, 0.25) is 0 Å². The molecular formula is C25H29F3N8O3S. The van der Waals surface area contributed by atoms with Gasteiger partial charge in [-0.2, -0.15) is 32.5 Å². The molecule has 15 heteroatoms. The van der Waals surface area contributed by atoms with Crippen LogP contribution in [-0.2, 0) is 17.1 Å². The van der Waals surface area contributed by atoms with Gasteiger partial charge in [-0.3, -0.25) is 4.90 Å². The van der Waals surface area contributed by atoms with Crippen LogP contribution < -0.4 is 4.74 Å². The number of aromatic nitrogens is 6. The van der Waals surface area contributed by atoms with Crippen molar-refractivity contribution in [1.82, 2.24) is 39.0 Å². The Balaban J connectivity index is 1.52. The zero-order chi connectivity index (χ0) is 28.8. The fourth-order valence-corrected chi connectivity index (χ4v) is 6.39. The minimum absolute atomic E-state index is 0.0289. The molecule has 0 amide bonds. The molecule has 0 bridgehead atoms. The summed E-state index contributed by atoms with van der Waals surface area (Å²) in [5, 5.41) is 12.9. The van der Waals surface area contributed by atoms with Crippen molar-refractivity contribution in [3.05, 3.63) is 53.5 Å². The fraction of sp³-hybridized carbons (Fsp3) is 0.440. The number of benzene rings is 1. The van der Waals surface area contributed by atoms with Crippen LogP contribution in [0.5, 0.6) is 5.88 Å². The van der Waals surface area contributed by atoms with Gasteiger partial charge >= 0.3 is 6.18 Å². The second kappa shape index (κ2) is 10.4. The smallest absolute Gasteiger partial charge is 0.390 e. The molecule has 0 aliphatic carbocycles. The Morgan fingerprint density at radius 3 is 2.48 bits per heavy atom. The van der Waals surface area contributed by atoms with E-state index in [0.29, 0.717) is 5.88 Å². The van der Waals surface area contributed by atoms with Crippen LogP contribution in [0.3, 0.4) is 0 Å². The number of hydrogen-bond acceptors (Lipinski definition) is 8. The lowest BCUT2D eigenvalue weighted by atomic mass is 9.96. The van der Waals surface area contributed by atoms with E-state index in [9.17, 15) is 21.6 Å². The van der Waals surface area contributed by atoms with Crippen molar-refractivity contribution in [2.45, 2.75) is 37.5 Å². The molecule has 3 aromatic heterocycles. The van der Waals surface area contributed by atoms with Crippen LogP contribution in [0, 0.1) is 13.8 Å². The van der Waals surface area contributed by atoms with Crippen molar-refractivity contribution < 1.29 is 26.3 Å². The van der Waals surface area contributed by atoms with E-state index in [-0.39, 0.29) is 31.2 Å². The second-order valence-corrected chi connectivity index (χ2v) is 11.7. The van der Waals surface area contributed by atoms with Gasteiger partial charge in [0.05, 0.1) is 43.3 Å². The molecule has 4 heterocycles. The molecule has 5 rings (SSSR count). The highest BCUT2D eigenvalue weighted by atomic mass is 32.2. The summed E-state index contributed by atoms with van der Waals surface area (Å²) in [6.45, 7) is 3.63. The van der Waals surface area contributed by atoms with Crippen molar-refractivity contribution in [2.24, 2.45) is 7.05 Å². The van der Waals surface area contributed by atoms with Crippen LogP contribution >= 0.6 is 0 Å². The van der Waals surface area contributed by atoms with Gasteiger partial charge in [-0.15, -0.1) is 5.10 Å². The highest BCUT2D eigenvalue weighted by Crippen LogP contribution is 2.34. The topological polar surface area (TPSA) is 111 Å². The molecule has 11 nitrogen and oxygen atoms in total. The third kappa shape index (κ3) is 5.40. The lowest BCUT2D eigenvalue weighted by Gasteiger charge is -2.41. The summed E-state index contributed by atoms with van der Waals surface area (Å²) in [7, 11) is -0.929. The predicted octanol–water partition coefficient (Wildman–Crippen LogP) is 3.17. The van der Waals surface area contributed by atoms with Crippen LogP contribution in [0.25, 0.3) is 16.6 Å². The summed E-state index contributed by atoms with van der Waals surface area (Å²) in [5.74, 6) is 0.510. The van der Waals surface area contributed by atoms with E-state index in [0.717, 1.165) is 38.1 Å². The predicted molar refractivity (Wildman–Crippen MR) is 140 cm³/mol. The summed E-state index contributed by atoms with van der Waals surface area (Å²) in [4.78, 5) is 7.18. The molecule has 1 aliphatic heterocycles. The van der Waals surface area contributed by atoms with Gasteiger partial charge in [0.25, 0.3) is 10.0 Å². The summed E-state index contributed by atoms with van der Waals surface area (Å²) in [6, 6.07) is 5.08. The van der Waals surface area contributed by atoms with Gasteiger partial charge in [0.2, 0.25) is 10.9 Å². The van der Waals surface area contributed by atoms with Gasteiger partial charge in [-0.25, -0.2) is 18.1 Å². The van der Waals surface area contributed by atoms with E-state index >= 15 is 0 Å². The Morgan fingerprint density at radius 2 is 1.82 bits per heavy atom. The zero-order valence-corrected chi connectivity index (χ0v) is 23.2. The van der Waals surface area contributed by atoms with Gasteiger partial charge in [0.15, 0.2) is 0 Å². The quantitative estimate of drug-likeness (QED) is 0.329. The van der Waals surface area contributed by atoms with Crippen molar-refractivity contribution in [1.29, 1.82) is 0 Å². The van der Waals surface area contributed by atoms with Crippen LogP contribution in [-0.4, -0.2) is 86.8 Å². The van der Waals surface area contributed by atoms with E-state index in [1.807, 2.05) is 32.0 Å². The number of hydrogen-bond donors (Lipinski definition) is 0. The average molecular weight is 579 g/mol. The highest BCUT2D eigenvalue weighted by Gasteiger charge is 2.38. The molecule has 1 atom stereocenters. The van der Waals surface area contributed by atoms with Crippen molar-refractivity contribution in [3.63, 3.8) is 0 Å². The maximum atomic E-state index is 13.3. The van der Waals surface area contributed by atoms with Gasteiger partial charge < -0.3 is 4.74 Å². The maximum Gasteiger partial charge on any atom is 0.390 e. The molecule has 4 aromatic rings. The minimum Gasteiger partial charge on any atom is -0.481 e. The first-order valence-electron chi connectivity index (χ1n) is 12.5. The van der Waals surface area contributed by atoms with Gasteiger partial charge in [-0.1, -0.05) is 0 Å². The molecule has 0 spiro atoms. The van der Waals surface area contributed by atoms with Crippen molar-refractivity contribution in [3.8, 4) is 11.6 Å². The number of aryl methyl sites for hydroxylation is 3. The average Bonchev–Trinajstić information content (AvgIpc) is 3.52. The van der Waals surface area contributed by atoms with Crippen molar-refractivity contribution in [2.75, 3.05) is 33.3 Å². The number of halogens is 3. The molecular weight excluding hydrogens is 549 g/mol. The SMILES string of the molecule is COc1ncc(-n2ncc3cc(C4CN(S(=O)(=O)c5cnn(C)n5)CCN4CCC(F)(F)F)c(C)cc32)cc1C. The Kier molecular flexibility index (Phi) is 7.31. The molecule has 1 saturated heterocycles. The Bertz CT molecular complexity index is 1650. The Morgan fingerprint density at radius 1 is 1.05 bits per heavy atom. The number of piperazine rings is 1. The number of fused-ring (bicyclic) bond motifs is 1. The third-order valence-corrected chi connectivity index (χ3v) is 8.81. The van der Waals surface area contributed by atoms with Gasteiger partial charge in [0.1, 0.15) is 0 Å². The number of alkyl halides is 3. The first-order chi connectivity index (χ1) is 18.9. The largest absolute Gasteiger partial charge is 0.481 e. The number of sulfonamides is 1. The Hall–Kier alpha value is -3.56. The number of pyridine rings is 1. The van der Waals surface area contributed by atoms with Crippen molar-refractivity contribution >= 4 is 20.9 Å². The van der Waals surface area contributed by atoms with Gasteiger partial charge in [-0.05, 0) is 43.2 Å². The lowest BCUT2D eigenvalue weighted by molar-refractivity contribution is -0.140. The van der Waals surface area contributed by atoms with E-state index in [2.05, 4.69) is 20.3 Å². The number of methoxy groups -OCH3 is 1. The van der Waals surface area contributed by atoms with E-state index in [1.54, 1.807) is 29.1 Å². The lowest BCUT2D eigenvalue weighted by Crippen LogP contribution is -2.51. The standard InChI is InChI=1S/C25H29F3N8O3S/c1-16-10-21-18(12-31-36(21)19-9-17(2)24(39-4)29-13-19)11-20(16)22-15-35(8-7-34(22)6-5-25(26,27)28)40(37,38)23-14-30-33(3)32-23/h9-14,22H,5-8,15H2,1-4H3. The number of nitrogens with zero attached hydrogens (tertiary/aromatic N) is 8. The highest BCUT2D eigenvalue weighted by molar-refractivity contribution is 7.89. The molecule has 1 aliphatic rings. The molecule has 0 radical (unpaired) electrons. The molecule has 1 fully saturated rings. The zero-order valence-electron chi connectivity index (χ0n) is 22.4. The molecule has 214 valence electrons. The normalized spacial score (nSPS) is 17.5. The summed E-state index contributed by atoms with van der Waals surface area (Å²) in [5.41, 5.74) is 3.88. The first kappa shape index (κ1) is 28.0. The van der Waals surface area contributed by atoms with Crippen LogP contribution in [0.1, 0.15) is 29.2 Å². The molecule has 40 heavy (non-hydrogen) atoms. The van der Waals surface area contributed by atoms with Gasteiger partial charge in [0, 0.05) is 50.2 Å². The summed E-state index contributed by atoms with van der Waals surface area (Å²) < 4.78 is 74.4. The first-order valence-corrected chi connectivity index (χ1v) is 14.0. The van der Waals surface area contributed by atoms with E-state index < -0.39 is 28.7 Å². The van der Waals surface area contributed by atoms with Crippen LogP contribution in [0.4, 0.5) is 13.2 Å². The molecule has 1 aromatic carbocycles.